The van der Waals surface area contributed by atoms with Gasteiger partial charge < -0.3 is 33.8 Å². The molecule has 0 aromatic rings. The molecule has 0 aliphatic rings. The van der Waals surface area contributed by atoms with E-state index < -0.39 is 97.5 Å². The van der Waals surface area contributed by atoms with Gasteiger partial charge in [0.05, 0.1) is 26.4 Å². The Balaban J connectivity index is 5.24. The van der Waals surface area contributed by atoms with Crippen molar-refractivity contribution < 1.29 is 80.2 Å². The van der Waals surface area contributed by atoms with E-state index in [4.69, 9.17) is 37.0 Å². The largest absolute Gasteiger partial charge is 0.472 e. The smallest absolute Gasteiger partial charge is 0.462 e. The minimum absolute atomic E-state index is 0.104. The van der Waals surface area contributed by atoms with Crippen molar-refractivity contribution in [3.63, 3.8) is 0 Å². The van der Waals surface area contributed by atoms with Crippen molar-refractivity contribution in [2.45, 2.75) is 362 Å². The Labute approximate surface area is 530 Å². The van der Waals surface area contributed by atoms with Crippen molar-refractivity contribution in [3.8, 4) is 0 Å². The maximum absolute atomic E-state index is 13.0. The van der Waals surface area contributed by atoms with Crippen LogP contribution < -0.4 is 0 Å². The van der Waals surface area contributed by atoms with Gasteiger partial charge in [-0.2, -0.15) is 0 Å². The van der Waals surface area contributed by atoms with Crippen molar-refractivity contribution in [1.82, 2.24) is 0 Å². The van der Waals surface area contributed by atoms with E-state index in [0.717, 1.165) is 102 Å². The van der Waals surface area contributed by atoms with Crippen LogP contribution in [0.2, 0.25) is 0 Å². The number of aliphatic hydroxyl groups is 1. The van der Waals surface area contributed by atoms with Gasteiger partial charge in [-0.1, -0.05) is 292 Å². The van der Waals surface area contributed by atoms with Crippen LogP contribution in [0.25, 0.3) is 0 Å². The fraction of sp³-hybridized carbons (Fsp3) is 0.941. The predicted molar refractivity (Wildman–Crippen MR) is 349 cm³/mol. The molecule has 87 heavy (non-hydrogen) atoms. The SMILES string of the molecule is CCCCCCCCCCCCCCCCCC(=O)O[C@H](COC(=O)CCCCCCCCCCCC(C)C)COP(=O)(O)OC[C@@H](O)COP(=O)(O)OC[C@@H](COC(=O)CCCCCCCCCCC)OC(=O)CCCCCCCCCCC(C)C. The van der Waals surface area contributed by atoms with Gasteiger partial charge >= 0.3 is 39.5 Å². The molecule has 19 heteroatoms. The molecule has 2 unspecified atom stereocenters. The number of phosphoric ester groups is 2. The molecule has 0 rings (SSSR count). The Hall–Kier alpha value is -1.94. The molecular formula is C68H132O17P2. The molecule has 0 aromatic heterocycles. The zero-order chi connectivity index (χ0) is 64.3. The number of aliphatic hydroxyl groups excluding tert-OH is 1. The van der Waals surface area contributed by atoms with Gasteiger partial charge in [-0.05, 0) is 37.5 Å². The highest BCUT2D eigenvalue weighted by atomic mass is 31.2. The van der Waals surface area contributed by atoms with Crippen LogP contribution in [0.1, 0.15) is 343 Å². The lowest BCUT2D eigenvalue weighted by molar-refractivity contribution is -0.161. The summed E-state index contributed by atoms with van der Waals surface area (Å²) in [4.78, 5) is 72.4. The Morgan fingerprint density at radius 3 is 0.782 bits per heavy atom. The molecule has 0 saturated carbocycles. The zero-order valence-corrected chi connectivity index (χ0v) is 58.1. The molecule has 0 saturated heterocycles. The molecule has 0 radical (unpaired) electrons. The average Bonchev–Trinajstić information content (AvgIpc) is 3.69. The molecule has 0 aliphatic carbocycles. The first kappa shape index (κ1) is 85.1. The third kappa shape index (κ3) is 62.6. The minimum Gasteiger partial charge on any atom is -0.462 e. The first-order valence-electron chi connectivity index (χ1n) is 35.5. The zero-order valence-electron chi connectivity index (χ0n) is 56.3. The Morgan fingerprint density at radius 1 is 0.310 bits per heavy atom. The number of esters is 4. The number of phosphoric acid groups is 2. The second-order valence-corrected chi connectivity index (χ2v) is 28.4. The van der Waals surface area contributed by atoms with Crippen LogP contribution in [-0.2, 0) is 65.4 Å². The number of carbonyl (C=O) groups excluding carboxylic acids is 4. The fourth-order valence-electron chi connectivity index (χ4n) is 10.2. The first-order chi connectivity index (χ1) is 41.9. The molecule has 0 aliphatic heterocycles. The van der Waals surface area contributed by atoms with Crippen molar-refractivity contribution in [3.05, 3.63) is 0 Å². The summed E-state index contributed by atoms with van der Waals surface area (Å²) in [6, 6.07) is 0. The van der Waals surface area contributed by atoms with Gasteiger partial charge in [0.25, 0.3) is 0 Å². The number of ether oxygens (including phenoxy) is 4. The van der Waals surface area contributed by atoms with Gasteiger partial charge in [-0.25, -0.2) is 9.13 Å². The minimum atomic E-state index is -4.95. The van der Waals surface area contributed by atoms with Crippen LogP contribution in [-0.4, -0.2) is 96.7 Å². The highest BCUT2D eigenvalue weighted by molar-refractivity contribution is 7.47. The van der Waals surface area contributed by atoms with E-state index in [9.17, 15) is 43.2 Å². The summed E-state index contributed by atoms with van der Waals surface area (Å²) < 4.78 is 68.2. The Bertz CT molecular complexity index is 1700. The molecule has 17 nitrogen and oxygen atoms in total. The maximum atomic E-state index is 13.0. The van der Waals surface area contributed by atoms with E-state index in [2.05, 4.69) is 41.5 Å². The fourth-order valence-corrected chi connectivity index (χ4v) is 11.8. The van der Waals surface area contributed by atoms with Gasteiger partial charge in [0.15, 0.2) is 12.2 Å². The van der Waals surface area contributed by atoms with Crippen LogP contribution in [0, 0.1) is 11.8 Å². The van der Waals surface area contributed by atoms with Crippen molar-refractivity contribution in [2.75, 3.05) is 39.6 Å². The first-order valence-corrected chi connectivity index (χ1v) is 38.5. The Kier molecular flexibility index (Phi) is 59.0. The molecule has 0 spiro atoms. The summed E-state index contributed by atoms with van der Waals surface area (Å²) in [5, 5.41) is 10.6. The van der Waals surface area contributed by atoms with Gasteiger partial charge in [-0.15, -0.1) is 0 Å². The summed E-state index contributed by atoms with van der Waals surface area (Å²) in [7, 11) is -9.89. The van der Waals surface area contributed by atoms with Crippen LogP contribution in [0.15, 0.2) is 0 Å². The summed E-state index contributed by atoms with van der Waals surface area (Å²) in [6.07, 6.45) is 44.4. The lowest BCUT2D eigenvalue weighted by Crippen LogP contribution is -2.30. The second kappa shape index (κ2) is 60.3. The summed E-state index contributed by atoms with van der Waals surface area (Å²) >= 11 is 0. The molecule has 0 bridgehead atoms. The quantitative estimate of drug-likeness (QED) is 0.0222. The second-order valence-electron chi connectivity index (χ2n) is 25.5. The molecule has 3 N–H and O–H groups in total. The molecule has 5 atom stereocenters. The standard InChI is InChI=1S/C68H132O17P2/c1-7-9-11-13-15-17-18-19-20-21-22-26-34-40-46-52-67(72)84-63(57-79-66(71)51-45-39-33-27-23-25-30-36-42-48-60(3)4)58-82-86(74,75)80-54-62(69)55-81-87(76,77)83-59-64(56-78-65(70)50-44-38-32-24-16-14-12-10-8-2)85-68(73)53-47-41-35-29-28-31-37-43-49-61(5)6/h60-64,69H,7-59H2,1-6H3,(H,74,75)(H,76,77)/t62-,63-,64-/m1/s1. The molecule has 0 amide bonds. The van der Waals surface area contributed by atoms with E-state index in [1.165, 1.54) is 161 Å². The Morgan fingerprint density at radius 2 is 0.529 bits per heavy atom. The summed E-state index contributed by atoms with van der Waals surface area (Å²) in [5.41, 5.74) is 0. The molecule has 0 fully saturated rings. The predicted octanol–water partition coefficient (Wildman–Crippen LogP) is 19.2. The van der Waals surface area contributed by atoms with Gasteiger partial charge in [-0.3, -0.25) is 37.3 Å². The molecular weight excluding hydrogens is 1150 g/mol. The van der Waals surface area contributed by atoms with Gasteiger partial charge in [0.1, 0.15) is 19.3 Å². The van der Waals surface area contributed by atoms with Gasteiger partial charge in [0.2, 0.25) is 0 Å². The third-order valence-corrected chi connectivity index (χ3v) is 17.6. The molecule has 0 aromatic carbocycles. The van der Waals surface area contributed by atoms with E-state index >= 15 is 0 Å². The number of carbonyl (C=O) groups is 4. The number of hydrogen-bond donors (Lipinski definition) is 3. The van der Waals surface area contributed by atoms with Gasteiger partial charge in [0, 0.05) is 25.7 Å². The van der Waals surface area contributed by atoms with Crippen LogP contribution in [0.3, 0.4) is 0 Å². The van der Waals surface area contributed by atoms with Crippen LogP contribution >= 0.6 is 15.6 Å². The van der Waals surface area contributed by atoms with E-state index in [0.29, 0.717) is 25.7 Å². The highest BCUT2D eigenvalue weighted by Gasteiger charge is 2.30. The topological polar surface area (TPSA) is 237 Å². The number of rotatable bonds is 67. The number of hydrogen-bond acceptors (Lipinski definition) is 15. The third-order valence-electron chi connectivity index (χ3n) is 15.7. The average molecular weight is 1280 g/mol. The van der Waals surface area contributed by atoms with Crippen LogP contribution in [0.4, 0.5) is 0 Å². The van der Waals surface area contributed by atoms with E-state index in [1.54, 1.807) is 0 Å². The van der Waals surface area contributed by atoms with Crippen LogP contribution in [0.5, 0.6) is 0 Å². The monoisotopic (exact) mass is 1280 g/mol. The highest BCUT2D eigenvalue weighted by Crippen LogP contribution is 2.45. The lowest BCUT2D eigenvalue weighted by atomic mass is 10.0. The lowest BCUT2D eigenvalue weighted by Gasteiger charge is -2.21. The van der Waals surface area contributed by atoms with E-state index in [1.807, 2.05) is 0 Å². The van der Waals surface area contributed by atoms with Crippen molar-refractivity contribution in [1.29, 1.82) is 0 Å². The molecule has 0 heterocycles. The number of unbranched alkanes of at least 4 members (excludes halogenated alkanes) is 37. The van der Waals surface area contributed by atoms with Crippen molar-refractivity contribution >= 4 is 39.5 Å². The van der Waals surface area contributed by atoms with Crippen molar-refractivity contribution in [2.24, 2.45) is 11.8 Å². The molecule has 516 valence electrons. The normalized spacial score (nSPS) is 14.2. The summed E-state index contributed by atoms with van der Waals surface area (Å²) in [6.45, 7) is 9.46. The summed E-state index contributed by atoms with van der Waals surface area (Å²) in [5.74, 6) is -0.666. The van der Waals surface area contributed by atoms with E-state index in [-0.39, 0.29) is 25.7 Å². The maximum Gasteiger partial charge on any atom is 0.472 e.